The molecule has 2 aliphatic rings. The van der Waals surface area contributed by atoms with Crippen LogP contribution in [0.1, 0.15) is 136 Å². The highest BCUT2D eigenvalue weighted by atomic mass is 35.5. The minimum atomic E-state index is -4.20. The topological polar surface area (TPSA) is 331 Å². The van der Waals surface area contributed by atoms with Crippen LogP contribution in [0.15, 0.2) is 98.1 Å². The van der Waals surface area contributed by atoms with E-state index in [-0.39, 0.29) is 85.2 Å². The molecule has 0 saturated carbocycles. The number of hydrogen-bond donors (Lipinski definition) is 1. The van der Waals surface area contributed by atoms with Crippen molar-refractivity contribution >= 4 is 84.2 Å². The fraction of sp³-hybridized carbons (Fsp3) is 0.455. The molecule has 532 valence electrons. The summed E-state index contributed by atoms with van der Waals surface area (Å²) in [6.07, 6.45) is 8.80. The predicted octanol–water partition coefficient (Wildman–Crippen LogP) is 10.4. The number of aromatic amines is 1. The number of pyridine rings is 2. The van der Waals surface area contributed by atoms with E-state index in [1.54, 1.807) is 143 Å². The summed E-state index contributed by atoms with van der Waals surface area (Å²) in [7, 11) is -4.90. The number of hydrogen-bond acceptors (Lipinski definition) is 22. The van der Waals surface area contributed by atoms with Gasteiger partial charge in [-0.15, -0.1) is 0 Å². The number of rotatable bonds is 19. The van der Waals surface area contributed by atoms with Crippen molar-refractivity contribution in [2.45, 2.75) is 126 Å². The van der Waals surface area contributed by atoms with Gasteiger partial charge in [0, 0.05) is 75.9 Å². The van der Waals surface area contributed by atoms with Gasteiger partial charge in [-0.2, -0.15) is 10.2 Å². The number of benzene rings is 2. The molecule has 0 radical (unpaired) electrons. The van der Waals surface area contributed by atoms with Crippen LogP contribution in [0.4, 0.5) is 0 Å². The van der Waals surface area contributed by atoms with Crippen LogP contribution in [0.2, 0.25) is 0 Å². The summed E-state index contributed by atoms with van der Waals surface area (Å²) in [5.74, 6) is -0.787. The Labute approximate surface area is 578 Å². The van der Waals surface area contributed by atoms with Crippen molar-refractivity contribution < 1.29 is 74.5 Å². The molecular formula is C66H85ClN14O16P2. The number of amides is 4. The maximum absolute atomic E-state index is 14.1. The second-order valence-electron chi connectivity index (χ2n) is 26.7. The van der Waals surface area contributed by atoms with Gasteiger partial charge < -0.3 is 38.6 Å². The first-order chi connectivity index (χ1) is 46.4. The molecule has 10 rings (SSSR count). The van der Waals surface area contributed by atoms with Crippen molar-refractivity contribution in [3.63, 3.8) is 0 Å². The van der Waals surface area contributed by atoms with Gasteiger partial charge in [-0.25, -0.2) is 38.4 Å². The van der Waals surface area contributed by atoms with Crippen LogP contribution in [0.3, 0.4) is 0 Å². The maximum atomic E-state index is 14.1. The molecule has 0 spiro atoms. The lowest BCUT2D eigenvalue weighted by atomic mass is 10.1. The summed E-state index contributed by atoms with van der Waals surface area (Å²) >= 11 is 5.39. The van der Waals surface area contributed by atoms with Gasteiger partial charge in [0.05, 0.1) is 76.4 Å². The van der Waals surface area contributed by atoms with Gasteiger partial charge >= 0.3 is 15.6 Å². The average molecular weight is 1430 g/mol. The third-order valence-corrected chi connectivity index (χ3v) is 18.5. The molecule has 2 fully saturated rings. The van der Waals surface area contributed by atoms with Crippen LogP contribution in [0.5, 0.6) is 11.5 Å². The smallest absolute Gasteiger partial charge is 0.477 e. The first-order valence-corrected chi connectivity index (χ1v) is 35.0. The molecule has 0 atom stereocenters. The predicted molar refractivity (Wildman–Crippen MR) is 366 cm³/mol. The normalized spacial score (nSPS) is 14.2. The van der Waals surface area contributed by atoms with E-state index < -0.39 is 68.2 Å². The second-order valence-corrected chi connectivity index (χ2v) is 30.0. The number of aryl methyl sites for hydroxylation is 2. The Hall–Kier alpha value is -8.57. The standard InChI is InChI=1S/C33H42N7O8P.C24H23N7O4.C9H20ClO4P/c1-22-35-20-40(36-22)29-27-26(25(45-8)18-34-29)24(19-39(27)21-46-49(44,47-32(2,3)4)48-33(5,6)7)28(41)31(43)38-16-14-37(15-17-38)30(42)23-12-10-9-11-13-23;1-15-27-14-31(28-15)22-20-19(18(35-2)13-26-22)17(12-25-20)21(32)24(34)30-10-8-29(9-11-30)23(33)16-6-4-3-5-7-16;1-8(2,3)13-15(11,12-7-10)14-9(4,5)6/h9-13,18-20H,14-17,21H2,1-8H3;3-7,12-14,25H,8-11H2,1-2H3;7H2,1-6H3. The number of piperazine rings is 2. The second kappa shape index (κ2) is 31.3. The number of fused-ring (bicyclic) bond motifs is 2. The van der Waals surface area contributed by atoms with E-state index >= 15 is 0 Å². The monoisotopic (exact) mass is 1430 g/mol. The first kappa shape index (κ1) is 76.2. The Morgan fingerprint density at radius 3 is 1.29 bits per heavy atom. The van der Waals surface area contributed by atoms with Crippen LogP contribution < -0.4 is 9.47 Å². The summed E-state index contributed by atoms with van der Waals surface area (Å²) in [6.45, 7) is 26.1. The third-order valence-electron chi connectivity index (χ3n) is 14.3. The summed E-state index contributed by atoms with van der Waals surface area (Å²) in [5, 5.41) is 9.39. The number of aromatic nitrogens is 10. The zero-order chi connectivity index (χ0) is 72.6. The average Bonchev–Trinajstić information content (AvgIpc) is 1.62. The minimum absolute atomic E-state index is 0.00652. The SMILES string of the molecule is CC(C)(C)OP(=O)(OCCl)OC(C)(C)C.COc1cnc(-n2cnc(C)n2)c2[nH]cc(C(=O)C(=O)N3CCN(C(=O)c4ccccc4)CC3)c12.COc1cnc(-n2cnc(C)n2)c2c1c(C(=O)C(=O)N1CCN(C(=O)c3ccccc3)CC1)cn2COP(=O)(OC(C)(C)C)OC(C)(C)C. The molecule has 2 aliphatic heterocycles. The quantitative estimate of drug-likeness (QED) is 0.0340. The molecule has 0 bridgehead atoms. The summed E-state index contributed by atoms with van der Waals surface area (Å²) in [5.41, 5.74) is -0.870. The van der Waals surface area contributed by atoms with Gasteiger partial charge in [0.25, 0.3) is 35.2 Å². The van der Waals surface area contributed by atoms with Gasteiger partial charge in [0.2, 0.25) is 0 Å². The van der Waals surface area contributed by atoms with Crippen molar-refractivity contribution in [2.24, 2.45) is 0 Å². The highest BCUT2D eigenvalue weighted by Gasteiger charge is 2.40. The van der Waals surface area contributed by atoms with Gasteiger partial charge in [0.15, 0.2) is 11.6 Å². The van der Waals surface area contributed by atoms with Crippen molar-refractivity contribution in [1.82, 2.24) is 68.6 Å². The van der Waals surface area contributed by atoms with Crippen LogP contribution in [-0.4, -0.2) is 199 Å². The number of nitrogens with one attached hydrogen (secondary N) is 1. The van der Waals surface area contributed by atoms with E-state index in [4.69, 9.17) is 48.2 Å². The molecule has 2 saturated heterocycles. The lowest BCUT2D eigenvalue weighted by molar-refractivity contribution is -0.128. The molecule has 8 aromatic rings. The Morgan fingerprint density at radius 1 is 0.515 bits per heavy atom. The summed E-state index contributed by atoms with van der Waals surface area (Å²) < 4.78 is 74.4. The van der Waals surface area contributed by atoms with Gasteiger partial charge in [-0.1, -0.05) is 48.0 Å². The number of phosphoric ester groups is 2. The molecular weight excluding hydrogens is 1340 g/mol. The molecule has 30 nitrogen and oxygen atoms in total. The zero-order valence-electron chi connectivity index (χ0n) is 58.4. The first-order valence-electron chi connectivity index (χ1n) is 31.5. The Balaban J connectivity index is 0.000000216. The van der Waals surface area contributed by atoms with E-state index in [2.05, 4.69) is 35.1 Å². The number of carbonyl (C=O) groups excluding carboxylic acids is 6. The molecule has 4 amide bonds. The highest BCUT2D eigenvalue weighted by Crippen LogP contribution is 2.57. The van der Waals surface area contributed by atoms with Crippen LogP contribution in [0, 0.1) is 13.8 Å². The van der Waals surface area contributed by atoms with Crippen LogP contribution in [-0.2, 0) is 52.6 Å². The van der Waals surface area contributed by atoms with Gasteiger partial charge in [-0.3, -0.25) is 55.9 Å². The molecule has 6 aromatic heterocycles. The highest BCUT2D eigenvalue weighted by molar-refractivity contribution is 7.48. The molecule has 99 heavy (non-hydrogen) atoms. The Bertz CT molecular complexity index is 4270. The van der Waals surface area contributed by atoms with Crippen molar-refractivity contribution in [1.29, 1.82) is 0 Å². The number of H-pyrrole nitrogens is 1. The largest absolute Gasteiger partial charge is 0.494 e. The minimum Gasteiger partial charge on any atom is -0.494 e. The number of Topliss-reactive ketones (excluding diaryl/α,β-unsaturated/α-hetero) is 2. The maximum Gasteiger partial charge on any atom is 0.477 e. The third kappa shape index (κ3) is 19.7. The number of alkyl halides is 1. The fourth-order valence-electron chi connectivity index (χ4n) is 10.3. The number of nitrogens with zero attached hydrogens (tertiary/aromatic N) is 13. The number of methoxy groups -OCH3 is 2. The number of ether oxygens (including phenoxy) is 2. The lowest BCUT2D eigenvalue weighted by Gasteiger charge is -2.34. The number of ketones is 2. The van der Waals surface area contributed by atoms with Crippen molar-refractivity contribution in [2.75, 3.05) is 72.6 Å². The van der Waals surface area contributed by atoms with Crippen LogP contribution in [0.25, 0.3) is 33.4 Å². The molecule has 0 unspecified atom stereocenters. The zero-order valence-corrected chi connectivity index (χ0v) is 61.0. The van der Waals surface area contributed by atoms with Crippen molar-refractivity contribution in [3.05, 3.63) is 132 Å². The lowest BCUT2D eigenvalue weighted by Crippen LogP contribution is -2.52. The summed E-state index contributed by atoms with van der Waals surface area (Å²) in [6, 6.07) is 17.7. The molecule has 1 N–H and O–H groups in total. The Kier molecular flexibility index (Phi) is 24.1. The fourth-order valence-corrected chi connectivity index (χ4v) is 14.1. The summed E-state index contributed by atoms with van der Waals surface area (Å²) in [4.78, 5) is 106. The number of phosphoric acid groups is 2. The van der Waals surface area contributed by atoms with Gasteiger partial charge in [-0.05, 0) is 121 Å². The molecule has 33 heteroatoms. The van der Waals surface area contributed by atoms with E-state index in [0.29, 0.717) is 63.9 Å². The molecule has 8 heterocycles. The molecule has 2 aromatic carbocycles. The number of carbonyl (C=O) groups is 6. The van der Waals surface area contributed by atoms with Crippen molar-refractivity contribution in [3.8, 4) is 23.1 Å². The van der Waals surface area contributed by atoms with Crippen LogP contribution >= 0.6 is 27.2 Å². The molecule has 0 aliphatic carbocycles. The van der Waals surface area contributed by atoms with E-state index in [0.717, 1.165) is 0 Å². The number of halogens is 1. The van der Waals surface area contributed by atoms with E-state index in [1.807, 2.05) is 24.3 Å². The van der Waals surface area contributed by atoms with E-state index in [1.165, 1.54) is 75.4 Å². The Morgan fingerprint density at radius 2 is 0.899 bits per heavy atom. The van der Waals surface area contributed by atoms with E-state index in [9.17, 15) is 37.9 Å². The van der Waals surface area contributed by atoms with Gasteiger partial charge in [0.1, 0.15) is 54.1 Å².